The molecule has 1 aromatic carbocycles. The number of nitrogens with one attached hydrogen (secondary N) is 1. The van der Waals surface area contributed by atoms with Crippen molar-refractivity contribution in [2.24, 2.45) is 5.92 Å². The highest BCUT2D eigenvalue weighted by atomic mass is 16.3. The number of hydrogen-bond acceptors (Lipinski definition) is 3. The fourth-order valence-corrected chi connectivity index (χ4v) is 4.89. The molecule has 0 unspecified atom stereocenters. The molecule has 1 heterocycles. The molecule has 0 spiro atoms. The number of benzene rings is 1. The summed E-state index contributed by atoms with van der Waals surface area (Å²) in [7, 11) is 0. The van der Waals surface area contributed by atoms with Gasteiger partial charge in [0, 0.05) is 11.9 Å². The van der Waals surface area contributed by atoms with E-state index < -0.39 is 5.60 Å². The van der Waals surface area contributed by atoms with Crippen molar-refractivity contribution in [3.05, 3.63) is 40.6 Å². The van der Waals surface area contributed by atoms with Crippen molar-refractivity contribution >= 4 is 16.8 Å². The first-order valence-electron chi connectivity index (χ1n) is 11.6. The molecule has 4 heteroatoms. The van der Waals surface area contributed by atoms with Crippen LogP contribution in [0.25, 0.3) is 10.9 Å². The molecule has 2 aliphatic carbocycles. The minimum absolute atomic E-state index is 0.0356. The third-order valence-electron chi connectivity index (χ3n) is 7.13. The van der Waals surface area contributed by atoms with E-state index in [9.17, 15) is 9.90 Å². The Balaban J connectivity index is 1.60. The third-order valence-corrected chi connectivity index (χ3v) is 7.13. The second kappa shape index (κ2) is 7.64. The highest BCUT2D eigenvalue weighted by Crippen LogP contribution is 2.43. The van der Waals surface area contributed by atoms with Gasteiger partial charge in [0.25, 0.3) is 5.91 Å². The van der Waals surface area contributed by atoms with Crippen LogP contribution in [0.2, 0.25) is 0 Å². The Morgan fingerprint density at radius 1 is 1.23 bits per heavy atom. The van der Waals surface area contributed by atoms with Gasteiger partial charge in [-0.05, 0) is 91.5 Å². The number of aliphatic hydroxyl groups is 1. The molecule has 1 amide bonds. The highest BCUT2D eigenvalue weighted by molar-refractivity contribution is 5.97. The fraction of sp³-hybridized carbons (Fsp3) is 0.615. The molecule has 4 nitrogen and oxygen atoms in total. The summed E-state index contributed by atoms with van der Waals surface area (Å²) < 4.78 is 0. The Bertz CT molecular complexity index is 971. The van der Waals surface area contributed by atoms with Crippen LogP contribution in [-0.2, 0) is 5.41 Å². The summed E-state index contributed by atoms with van der Waals surface area (Å²) in [4.78, 5) is 17.8. The molecular weight excluding hydrogens is 372 g/mol. The number of fused-ring (bicyclic) bond motifs is 1. The minimum atomic E-state index is -0.548. The molecule has 4 rings (SSSR count). The van der Waals surface area contributed by atoms with Gasteiger partial charge in [-0.3, -0.25) is 4.79 Å². The quantitative estimate of drug-likeness (QED) is 0.697. The Morgan fingerprint density at radius 2 is 1.97 bits per heavy atom. The molecule has 0 bridgehead atoms. The molecule has 162 valence electrons. The molecule has 0 aliphatic heterocycles. The van der Waals surface area contributed by atoms with Crippen LogP contribution in [-0.4, -0.2) is 28.1 Å². The monoisotopic (exact) mass is 408 g/mol. The molecule has 2 aromatic rings. The van der Waals surface area contributed by atoms with Crippen molar-refractivity contribution in [1.82, 2.24) is 10.3 Å². The Hall–Kier alpha value is -1.94. The predicted molar refractivity (Wildman–Crippen MR) is 122 cm³/mol. The number of aromatic nitrogens is 1. The van der Waals surface area contributed by atoms with Crippen LogP contribution in [0.15, 0.2) is 18.2 Å². The van der Waals surface area contributed by atoms with Crippen molar-refractivity contribution in [2.75, 3.05) is 6.54 Å². The smallest absolute Gasteiger partial charge is 0.269 e. The largest absolute Gasteiger partial charge is 0.390 e. The van der Waals surface area contributed by atoms with Gasteiger partial charge in [-0.1, -0.05) is 33.8 Å². The van der Waals surface area contributed by atoms with E-state index in [1.54, 1.807) is 0 Å². The van der Waals surface area contributed by atoms with Crippen molar-refractivity contribution in [2.45, 2.75) is 90.1 Å². The van der Waals surface area contributed by atoms with Gasteiger partial charge in [-0.2, -0.15) is 0 Å². The standard InChI is InChI=1S/C26H36N2O2/c1-6-26(30)10-9-17(14-26)15-27-24(29)22-11-16(2)20-12-19(18-7-8-18)13-21(23(20)28-22)25(3,4)5/h11-13,17-18,30H,6-10,14-15H2,1-5H3,(H,27,29)/t17-,26+/m0/s1. The van der Waals surface area contributed by atoms with Crippen LogP contribution in [0.5, 0.6) is 0 Å². The van der Waals surface area contributed by atoms with Gasteiger partial charge in [-0.25, -0.2) is 4.98 Å². The van der Waals surface area contributed by atoms with Crippen molar-refractivity contribution in [1.29, 1.82) is 0 Å². The first-order chi connectivity index (χ1) is 14.1. The van der Waals surface area contributed by atoms with Crippen molar-refractivity contribution < 1.29 is 9.90 Å². The van der Waals surface area contributed by atoms with Crippen LogP contribution >= 0.6 is 0 Å². The van der Waals surface area contributed by atoms with Gasteiger partial charge in [0.15, 0.2) is 0 Å². The maximum atomic E-state index is 12.9. The molecule has 0 radical (unpaired) electrons. The van der Waals surface area contributed by atoms with Crippen LogP contribution < -0.4 is 5.32 Å². The number of amides is 1. The second-order valence-corrected chi connectivity index (χ2v) is 10.7. The molecule has 2 saturated carbocycles. The van der Waals surface area contributed by atoms with Gasteiger partial charge in [0.1, 0.15) is 5.69 Å². The van der Waals surface area contributed by atoms with Gasteiger partial charge in [-0.15, -0.1) is 0 Å². The summed E-state index contributed by atoms with van der Waals surface area (Å²) in [5.74, 6) is 0.913. The van der Waals surface area contributed by atoms with E-state index in [0.717, 1.165) is 36.8 Å². The average molecular weight is 409 g/mol. The number of carbonyl (C=O) groups excluding carboxylic acids is 1. The number of nitrogens with zero attached hydrogens (tertiary/aromatic N) is 1. The molecule has 2 aliphatic rings. The van der Waals surface area contributed by atoms with Gasteiger partial charge in [0.05, 0.1) is 11.1 Å². The van der Waals surface area contributed by atoms with E-state index in [1.807, 2.05) is 13.0 Å². The topological polar surface area (TPSA) is 62.2 Å². The Labute approximate surface area is 180 Å². The van der Waals surface area contributed by atoms with Crippen LogP contribution in [0.1, 0.15) is 99.3 Å². The average Bonchev–Trinajstić information content (AvgIpc) is 3.47. The van der Waals surface area contributed by atoms with E-state index in [0.29, 0.717) is 24.1 Å². The number of carbonyl (C=O) groups is 1. The van der Waals surface area contributed by atoms with E-state index in [1.165, 1.54) is 29.4 Å². The summed E-state index contributed by atoms with van der Waals surface area (Å²) in [5.41, 5.74) is 4.62. The lowest BCUT2D eigenvalue weighted by Crippen LogP contribution is -2.31. The van der Waals surface area contributed by atoms with E-state index in [4.69, 9.17) is 4.98 Å². The van der Waals surface area contributed by atoms with E-state index in [-0.39, 0.29) is 11.3 Å². The summed E-state index contributed by atoms with van der Waals surface area (Å²) in [6.45, 7) is 11.4. The lowest BCUT2D eigenvalue weighted by molar-refractivity contribution is 0.0394. The van der Waals surface area contributed by atoms with Crippen LogP contribution in [0.4, 0.5) is 0 Å². The van der Waals surface area contributed by atoms with Crippen LogP contribution in [0.3, 0.4) is 0 Å². The predicted octanol–water partition coefficient (Wildman–Crippen LogP) is 5.39. The third kappa shape index (κ3) is 4.25. The highest BCUT2D eigenvalue weighted by Gasteiger charge is 2.35. The Morgan fingerprint density at radius 3 is 2.57 bits per heavy atom. The molecule has 0 saturated heterocycles. The minimum Gasteiger partial charge on any atom is -0.390 e. The zero-order valence-electron chi connectivity index (χ0n) is 19.1. The van der Waals surface area contributed by atoms with E-state index >= 15 is 0 Å². The summed E-state index contributed by atoms with van der Waals surface area (Å²) in [6, 6.07) is 6.53. The van der Waals surface area contributed by atoms with Crippen molar-refractivity contribution in [3.8, 4) is 0 Å². The molecule has 2 atom stereocenters. The molecular formula is C26H36N2O2. The lowest BCUT2D eigenvalue weighted by Gasteiger charge is -2.23. The van der Waals surface area contributed by atoms with Gasteiger partial charge >= 0.3 is 0 Å². The van der Waals surface area contributed by atoms with Crippen LogP contribution in [0, 0.1) is 12.8 Å². The SMILES string of the molecule is CC[C@@]1(O)CC[C@H](CNC(=O)c2cc(C)c3cc(C4CC4)cc(C(C)(C)C)c3n2)C1. The molecule has 2 N–H and O–H groups in total. The summed E-state index contributed by atoms with van der Waals surface area (Å²) in [6.07, 6.45) is 5.89. The Kier molecular flexibility index (Phi) is 5.42. The number of pyridine rings is 1. The molecule has 2 fully saturated rings. The molecule has 1 aromatic heterocycles. The fourth-order valence-electron chi connectivity index (χ4n) is 4.89. The number of aryl methyl sites for hydroxylation is 1. The van der Waals surface area contributed by atoms with Gasteiger partial charge in [0.2, 0.25) is 0 Å². The normalized spacial score (nSPS) is 24.4. The maximum absolute atomic E-state index is 12.9. The summed E-state index contributed by atoms with van der Waals surface area (Å²) >= 11 is 0. The first-order valence-corrected chi connectivity index (χ1v) is 11.6. The maximum Gasteiger partial charge on any atom is 0.269 e. The van der Waals surface area contributed by atoms with Gasteiger partial charge < -0.3 is 10.4 Å². The summed E-state index contributed by atoms with van der Waals surface area (Å²) in [5, 5.41) is 14.7. The van der Waals surface area contributed by atoms with Crippen molar-refractivity contribution in [3.63, 3.8) is 0 Å². The lowest BCUT2D eigenvalue weighted by atomic mass is 9.83. The number of rotatable bonds is 5. The number of hydrogen-bond donors (Lipinski definition) is 2. The van der Waals surface area contributed by atoms with E-state index in [2.05, 4.69) is 45.1 Å². The second-order valence-electron chi connectivity index (χ2n) is 10.7. The first kappa shape index (κ1) is 21.3. The zero-order valence-corrected chi connectivity index (χ0v) is 19.1. The zero-order chi connectivity index (χ0) is 21.7. The molecule has 30 heavy (non-hydrogen) atoms.